The van der Waals surface area contributed by atoms with Crippen LogP contribution in [0.1, 0.15) is 39.2 Å². The first-order valence-corrected chi connectivity index (χ1v) is 9.29. The van der Waals surface area contributed by atoms with Crippen molar-refractivity contribution in [3.8, 4) is 0 Å². The molecular formula is C17H26N2O3S. The average Bonchev–Trinajstić information content (AvgIpc) is 2.95. The zero-order chi connectivity index (χ0) is 17.0. The van der Waals surface area contributed by atoms with Gasteiger partial charge in [0.25, 0.3) is 0 Å². The number of hydrogen-bond acceptors (Lipinski definition) is 3. The van der Waals surface area contributed by atoms with E-state index in [0.717, 1.165) is 18.4 Å². The number of benzene rings is 1. The van der Waals surface area contributed by atoms with E-state index in [1.54, 1.807) is 4.90 Å². The van der Waals surface area contributed by atoms with Gasteiger partial charge in [-0.05, 0) is 51.3 Å². The Hall–Kier alpha value is -1.40. The summed E-state index contributed by atoms with van der Waals surface area (Å²) in [4.78, 5) is 14.0. The van der Waals surface area contributed by atoms with Gasteiger partial charge >= 0.3 is 6.03 Å². The fraction of sp³-hybridized carbons (Fsp3) is 0.588. The van der Waals surface area contributed by atoms with Gasteiger partial charge in [-0.2, -0.15) is 0 Å². The van der Waals surface area contributed by atoms with Gasteiger partial charge in [0, 0.05) is 33.5 Å². The summed E-state index contributed by atoms with van der Waals surface area (Å²) in [5.74, 6) is 0.468. The summed E-state index contributed by atoms with van der Waals surface area (Å²) in [5, 5.41) is 12.2. The summed E-state index contributed by atoms with van der Waals surface area (Å²) >= 11 is 0. The van der Waals surface area contributed by atoms with E-state index in [4.69, 9.17) is 0 Å². The van der Waals surface area contributed by atoms with Crippen molar-refractivity contribution in [1.82, 2.24) is 4.90 Å². The number of urea groups is 1. The molecule has 0 bridgehead atoms. The third-order valence-electron chi connectivity index (χ3n) is 4.01. The second-order valence-corrected chi connectivity index (χ2v) is 9.11. The maximum Gasteiger partial charge on any atom is 0.322 e. The molecule has 0 aliphatic carbocycles. The topological polar surface area (TPSA) is 69.6 Å². The van der Waals surface area contributed by atoms with E-state index < -0.39 is 10.8 Å². The van der Waals surface area contributed by atoms with Crippen molar-refractivity contribution in [3.63, 3.8) is 0 Å². The van der Waals surface area contributed by atoms with Crippen LogP contribution >= 0.6 is 0 Å². The van der Waals surface area contributed by atoms with Crippen molar-refractivity contribution >= 4 is 22.5 Å². The van der Waals surface area contributed by atoms with Crippen LogP contribution in [-0.4, -0.2) is 44.2 Å². The van der Waals surface area contributed by atoms with Gasteiger partial charge in [-0.3, -0.25) is 4.21 Å². The molecule has 1 aromatic carbocycles. The fourth-order valence-electron chi connectivity index (χ4n) is 2.59. The quantitative estimate of drug-likeness (QED) is 0.887. The van der Waals surface area contributed by atoms with Crippen molar-refractivity contribution in [2.24, 2.45) is 0 Å². The molecule has 1 fully saturated rings. The summed E-state index contributed by atoms with van der Waals surface area (Å²) in [6, 6.07) is 7.20. The molecule has 1 heterocycles. The Labute approximate surface area is 140 Å². The van der Waals surface area contributed by atoms with Crippen LogP contribution in [0.4, 0.5) is 10.5 Å². The van der Waals surface area contributed by atoms with E-state index >= 15 is 0 Å². The van der Waals surface area contributed by atoms with E-state index in [1.807, 2.05) is 45.0 Å². The van der Waals surface area contributed by atoms with Crippen LogP contribution in [0.25, 0.3) is 0 Å². The minimum absolute atomic E-state index is 0.00196. The van der Waals surface area contributed by atoms with Gasteiger partial charge in [-0.25, -0.2) is 4.79 Å². The normalized spacial score (nSPS) is 19.7. The van der Waals surface area contributed by atoms with Gasteiger partial charge in [0.1, 0.15) is 0 Å². The zero-order valence-corrected chi connectivity index (χ0v) is 14.9. The molecule has 2 rings (SSSR count). The maximum absolute atomic E-state index is 12.3. The molecule has 2 atom stereocenters. The van der Waals surface area contributed by atoms with Crippen LogP contribution < -0.4 is 5.32 Å². The predicted octanol–water partition coefficient (Wildman–Crippen LogP) is 2.72. The van der Waals surface area contributed by atoms with Crippen molar-refractivity contribution < 1.29 is 14.1 Å². The highest BCUT2D eigenvalue weighted by molar-refractivity contribution is 7.85. The molecule has 0 saturated carbocycles. The highest BCUT2D eigenvalue weighted by Crippen LogP contribution is 2.21. The Kier molecular flexibility index (Phi) is 5.81. The van der Waals surface area contributed by atoms with Crippen LogP contribution in [0.5, 0.6) is 0 Å². The predicted molar refractivity (Wildman–Crippen MR) is 93.9 cm³/mol. The first-order valence-electron chi connectivity index (χ1n) is 7.97. The van der Waals surface area contributed by atoms with Gasteiger partial charge in [0.15, 0.2) is 0 Å². The Bertz CT molecular complexity index is 583. The van der Waals surface area contributed by atoms with Crippen LogP contribution in [-0.2, 0) is 16.6 Å². The van der Waals surface area contributed by atoms with E-state index in [-0.39, 0.29) is 23.4 Å². The van der Waals surface area contributed by atoms with E-state index in [1.165, 1.54) is 0 Å². The molecule has 5 nitrogen and oxygen atoms in total. The number of carbonyl (C=O) groups is 1. The smallest absolute Gasteiger partial charge is 0.322 e. The first kappa shape index (κ1) is 17.9. The van der Waals surface area contributed by atoms with Gasteiger partial charge in [0.05, 0.1) is 12.6 Å². The number of amides is 2. The highest BCUT2D eigenvalue weighted by atomic mass is 32.2. The highest BCUT2D eigenvalue weighted by Gasteiger charge is 2.28. The lowest BCUT2D eigenvalue weighted by molar-refractivity contribution is 0.166. The molecule has 128 valence electrons. The molecule has 6 heteroatoms. The Balaban J connectivity index is 2.02. The molecule has 0 aromatic heterocycles. The maximum atomic E-state index is 12.3. The van der Waals surface area contributed by atoms with Crippen LogP contribution in [0.2, 0.25) is 0 Å². The van der Waals surface area contributed by atoms with Crippen LogP contribution in [0.3, 0.4) is 0 Å². The molecule has 0 radical (unpaired) electrons. The summed E-state index contributed by atoms with van der Waals surface area (Å²) in [6.07, 6.45) is 1.76. The summed E-state index contributed by atoms with van der Waals surface area (Å²) in [7, 11) is -0.975. The Morgan fingerprint density at radius 2 is 2.17 bits per heavy atom. The summed E-state index contributed by atoms with van der Waals surface area (Å²) in [6.45, 7) is 6.54. The number of rotatable bonds is 4. The number of anilines is 1. The Morgan fingerprint density at radius 3 is 2.83 bits per heavy atom. The lowest BCUT2D eigenvalue weighted by atomic mass is 10.2. The summed E-state index contributed by atoms with van der Waals surface area (Å²) in [5.41, 5.74) is 1.64. The minimum Gasteiger partial charge on any atom is -0.394 e. The lowest BCUT2D eigenvalue weighted by Gasteiger charge is -2.23. The number of carbonyl (C=O) groups excluding carboxylic acids is 1. The van der Waals surface area contributed by atoms with Crippen LogP contribution in [0.15, 0.2) is 24.3 Å². The standard InChI is InChI=1S/C17H26N2O3S/c1-17(2,3)23(22)12-13-6-4-7-14(10-13)18-16(21)19-9-5-8-15(19)11-20/h4,6-7,10,15,20H,5,8-9,11-12H2,1-3H3,(H,18,21)/t15-,23-/m0/s1. The second-order valence-electron chi connectivity index (χ2n) is 6.90. The van der Waals surface area contributed by atoms with Gasteiger partial charge in [-0.15, -0.1) is 0 Å². The molecule has 1 aromatic rings. The van der Waals surface area contributed by atoms with E-state index in [0.29, 0.717) is 18.0 Å². The average molecular weight is 338 g/mol. The molecule has 23 heavy (non-hydrogen) atoms. The molecule has 0 spiro atoms. The van der Waals surface area contributed by atoms with Crippen molar-refractivity contribution in [2.45, 2.75) is 50.2 Å². The number of aliphatic hydroxyl groups is 1. The molecule has 1 aliphatic heterocycles. The molecule has 1 aliphatic rings. The SMILES string of the molecule is CC(C)(C)[S@@](=O)Cc1cccc(NC(=O)N2CCC[C@H]2CO)c1. The van der Waals surface area contributed by atoms with Gasteiger partial charge in [0.2, 0.25) is 0 Å². The molecule has 0 unspecified atom stereocenters. The molecule has 1 saturated heterocycles. The van der Waals surface area contributed by atoms with E-state index in [2.05, 4.69) is 5.32 Å². The fourth-order valence-corrected chi connectivity index (χ4v) is 3.51. The number of likely N-dealkylation sites (tertiary alicyclic amines) is 1. The van der Waals surface area contributed by atoms with Gasteiger partial charge < -0.3 is 15.3 Å². The number of hydrogen-bond donors (Lipinski definition) is 2. The van der Waals surface area contributed by atoms with E-state index in [9.17, 15) is 14.1 Å². The lowest BCUT2D eigenvalue weighted by Crippen LogP contribution is -2.40. The molecular weight excluding hydrogens is 312 g/mol. The minimum atomic E-state index is -0.975. The van der Waals surface area contributed by atoms with Crippen LogP contribution in [0, 0.1) is 0 Å². The Morgan fingerprint density at radius 1 is 1.43 bits per heavy atom. The monoisotopic (exact) mass is 338 g/mol. The van der Waals surface area contributed by atoms with Crippen molar-refractivity contribution in [1.29, 1.82) is 0 Å². The molecule has 2 amide bonds. The first-order chi connectivity index (χ1) is 10.8. The largest absolute Gasteiger partial charge is 0.394 e. The van der Waals surface area contributed by atoms with Crippen molar-refractivity contribution in [2.75, 3.05) is 18.5 Å². The number of nitrogens with zero attached hydrogens (tertiary/aromatic N) is 1. The van der Waals surface area contributed by atoms with Gasteiger partial charge in [-0.1, -0.05) is 12.1 Å². The second kappa shape index (κ2) is 7.45. The van der Waals surface area contributed by atoms with Crippen molar-refractivity contribution in [3.05, 3.63) is 29.8 Å². The summed E-state index contributed by atoms with van der Waals surface area (Å²) < 4.78 is 12.0. The molecule has 2 N–H and O–H groups in total. The number of aliphatic hydroxyl groups excluding tert-OH is 1. The zero-order valence-electron chi connectivity index (χ0n) is 14.0. The third kappa shape index (κ3) is 4.78. The third-order valence-corrected chi connectivity index (χ3v) is 5.97. The number of nitrogens with one attached hydrogen (secondary N) is 1.